The molecule has 1 heterocycles. The van der Waals surface area contributed by atoms with Crippen LogP contribution in [0.5, 0.6) is 5.75 Å². The lowest BCUT2D eigenvalue weighted by molar-refractivity contribution is 0.0935. The average molecular weight is 343 g/mol. The van der Waals surface area contributed by atoms with Gasteiger partial charge < -0.3 is 15.4 Å². The van der Waals surface area contributed by atoms with E-state index in [4.69, 9.17) is 4.74 Å². The van der Waals surface area contributed by atoms with Crippen LogP contribution in [0.4, 0.5) is 4.39 Å². The highest BCUT2D eigenvalue weighted by molar-refractivity contribution is 5.94. The van der Waals surface area contributed by atoms with Crippen molar-refractivity contribution >= 4 is 11.8 Å². The maximum atomic E-state index is 14.0. The summed E-state index contributed by atoms with van der Waals surface area (Å²) in [5.41, 5.74) is 1.04. The molecule has 130 valence electrons. The molecule has 1 aromatic carbocycles. The van der Waals surface area contributed by atoms with Crippen molar-refractivity contribution in [2.24, 2.45) is 0 Å². The van der Waals surface area contributed by atoms with Gasteiger partial charge in [-0.1, -0.05) is 12.1 Å². The number of nitrogens with one attached hydrogen (secondary N) is 2. The Morgan fingerprint density at radius 2 is 1.92 bits per heavy atom. The average Bonchev–Trinajstić information content (AvgIpc) is 3.44. The zero-order chi connectivity index (χ0) is 17.8. The first-order valence-electron chi connectivity index (χ1n) is 7.95. The number of rotatable bonds is 6. The number of hydrogen-bond donors (Lipinski definition) is 2. The van der Waals surface area contributed by atoms with Crippen molar-refractivity contribution in [1.29, 1.82) is 0 Å². The van der Waals surface area contributed by atoms with Gasteiger partial charge in [0, 0.05) is 30.4 Å². The monoisotopic (exact) mass is 343 g/mol. The van der Waals surface area contributed by atoms with Crippen LogP contribution >= 0.6 is 0 Å². The lowest BCUT2D eigenvalue weighted by Gasteiger charge is -2.08. The maximum absolute atomic E-state index is 14.0. The van der Waals surface area contributed by atoms with Crippen molar-refractivity contribution in [2.75, 3.05) is 7.11 Å². The van der Waals surface area contributed by atoms with Gasteiger partial charge in [0.2, 0.25) is 0 Å². The molecule has 2 amide bonds. The lowest BCUT2D eigenvalue weighted by atomic mass is 10.1. The van der Waals surface area contributed by atoms with Crippen LogP contribution in [0.25, 0.3) is 0 Å². The molecule has 1 aliphatic carbocycles. The molecule has 0 aliphatic heterocycles. The first-order chi connectivity index (χ1) is 12.1. The van der Waals surface area contributed by atoms with Gasteiger partial charge in [-0.25, -0.2) is 9.37 Å². The summed E-state index contributed by atoms with van der Waals surface area (Å²) < 4.78 is 18.8. The zero-order valence-corrected chi connectivity index (χ0v) is 13.7. The Balaban J connectivity index is 1.59. The number of nitrogens with zero attached hydrogens (tertiary/aromatic N) is 1. The summed E-state index contributed by atoms with van der Waals surface area (Å²) in [6.07, 6.45) is 3.37. The molecule has 3 rings (SSSR count). The van der Waals surface area contributed by atoms with E-state index in [1.807, 2.05) is 0 Å². The molecule has 0 bridgehead atoms. The van der Waals surface area contributed by atoms with E-state index in [9.17, 15) is 14.0 Å². The third kappa shape index (κ3) is 4.12. The highest BCUT2D eigenvalue weighted by atomic mass is 19.1. The number of amides is 2. The third-order valence-corrected chi connectivity index (χ3v) is 3.87. The molecule has 7 heteroatoms. The lowest BCUT2D eigenvalue weighted by Crippen LogP contribution is -2.26. The van der Waals surface area contributed by atoms with Gasteiger partial charge in [-0.15, -0.1) is 0 Å². The van der Waals surface area contributed by atoms with Gasteiger partial charge in [-0.05, 0) is 30.5 Å². The van der Waals surface area contributed by atoms with Crippen LogP contribution in [0.3, 0.4) is 0 Å². The summed E-state index contributed by atoms with van der Waals surface area (Å²) in [5.74, 6) is -1.56. The molecule has 1 saturated carbocycles. The predicted octanol–water partition coefficient (Wildman–Crippen LogP) is 2.05. The normalized spacial score (nSPS) is 13.2. The van der Waals surface area contributed by atoms with Crippen LogP contribution in [-0.2, 0) is 6.54 Å². The van der Waals surface area contributed by atoms with Gasteiger partial charge >= 0.3 is 0 Å². The Morgan fingerprint density at radius 3 is 2.56 bits per heavy atom. The van der Waals surface area contributed by atoms with Gasteiger partial charge in [0.25, 0.3) is 11.8 Å². The Labute approximate surface area is 144 Å². The Kier molecular flexibility index (Phi) is 4.92. The van der Waals surface area contributed by atoms with E-state index < -0.39 is 11.7 Å². The summed E-state index contributed by atoms with van der Waals surface area (Å²) in [6.45, 7) is 0.196. The number of aromatic nitrogens is 1. The second-order valence-corrected chi connectivity index (χ2v) is 5.80. The highest BCUT2D eigenvalue weighted by Gasteiger charge is 2.23. The standard InChI is InChI=1S/C18H18FN3O3/c1-25-14-8-9-20-16(15(14)19)18(24)21-10-11-2-4-12(5-3-11)17(23)22-13-6-7-13/h2-5,8-9,13H,6-7,10H2,1H3,(H,21,24)(H,22,23). The topological polar surface area (TPSA) is 80.3 Å². The van der Waals surface area contributed by atoms with E-state index in [-0.39, 0.29) is 23.9 Å². The molecule has 0 unspecified atom stereocenters. The van der Waals surface area contributed by atoms with Gasteiger partial charge in [-0.2, -0.15) is 0 Å². The SMILES string of the molecule is COc1ccnc(C(=O)NCc2ccc(C(=O)NC3CC3)cc2)c1F. The second kappa shape index (κ2) is 7.29. The molecule has 0 radical (unpaired) electrons. The van der Waals surface area contributed by atoms with Crippen LogP contribution in [0.15, 0.2) is 36.5 Å². The molecular weight excluding hydrogens is 325 g/mol. The van der Waals surface area contributed by atoms with Crippen molar-refractivity contribution in [3.63, 3.8) is 0 Å². The number of pyridine rings is 1. The quantitative estimate of drug-likeness (QED) is 0.841. The summed E-state index contributed by atoms with van der Waals surface area (Å²) in [5, 5.41) is 5.51. The molecule has 2 aromatic rings. The fourth-order valence-corrected chi connectivity index (χ4v) is 2.28. The van der Waals surface area contributed by atoms with E-state index in [2.05, 4.69) is 15.6 Å². The Bertz CT molecular complexity index is 789. The second-order valence-electron chi connectivity index (χ2n) is 5.80. The fourth-order valence-electron chi connectivity index (χ4n) is 2.28. The minimum Gasteiger partial charge on any atom is -0.494 e. The van der Waals surface area contributed by atoms with E-state index in [1.54, 1.807) is 24.3 Å². The summed E-state index contributed by atoms with van der Waals surface area (Å²) in [6, 6.07) is 8.54. The molecule has 1 fully saturated rings. The number of methoxy groups -OCH3 is 1. The molecule has 1 aliphatic rings. The molecule has 2 N–H and O–H groups in total. The Morgan fingerprint density at radius 1 is 1.20 bits per heavy atom. The molecule has 0 spiro atoms. The molecule has 0 saturated heterocycles. The van der Waals surface area contributed by atoms with E-state index in [0.29, 0.717) is 11.6 Å². The van der Waals surface area contributed by atoms with Crippen LogP contribution in [-0.4, -0.2) is 29.9 Å². The number of carbonyl (C=O) groups excluding carboxylic acids is 2. The maximum Gasteiger partial charge on any atom is 0.273 e. The van der Waals surface area contributed by atoms with Crippen molar-refractivity contribution < 1.29 is 18.7 Å². The summed E-state index contributed by atoms with van der Waals surface area (Å²) in [4.78, 5) is 27.7. The largest absolute Gasteiger partial charge is 0.494 e. The molecular formula is C18H18FN3O3. The van der Waals surface area contributed by atoms with E-state index in [1.165, 1.54) is 19.4 Å². The van der Waals surface area contributed by atoms with Gasteiger partial charge in [0.1, 0.15) is 0 Å². The van der Waals surface area contributed by atoms with Crippen molar-refractivity contribution in [2.45, 2.75) is 25.4 Å². The van der Waals surface area contributed by atoms with Crippen LogP contribution in [0.2, 0.25) is 0 Å². The van der Waals surface area contributed by atoms with E-state index in [0.717, 1.165) is 18.4 Å². The number of benzene rings is 1. The number of ether oxygens (including phenoxy) is 1. The number of carbonyl (C=O) groups is 2. The van der Waals surface area contributed by atoms with Gasteiger partial charge in [0.15, 0.2) is 17.3 Å². The highest BCUT2D eigenvalue weighted by Crippen LogP contribution is 2.19. The molecule has 25 heavy (non-hydrogen) atoms. The van der Waals surface area contributed by atoms with Crippen molar-refractivity contribution in [3.05, 3.63) is 59.2 Å². The fraction of sp³-hybridized carbons (Fsp3) is 0.278. The van der Waals surface area contributed by atoms with Crippen molar-refractivity contribution in [1.82, 2.24) is 15.6 Å². The van der Waals surface area contributed by atoms with Crippen molar-refractivity contribution in [3.8, 4) is 5.75 Å². The smallest absolute Gasteiger partial charge is 0.273 e. The van der Waals surface area contributed by atoms with Crippen LogP contribution < -0.4 is 15.4 Å². The summed E-state index contributed by atoms with van der Waals surface area (Å²) >= 11 is 0. The minimum absolute atomic E-state index is 0.0359. The predicted molar refractivity (Wildman–Crippen MR) is 88.8 cm³/mol. The first kappa shape index (κ1) is 16.9. The van der Waals surface area contributed by atoms with E-state index >= 15 is 0 Å². The Hall–Kier alpha value is -2.96. The molecule has 1 aromatic heterocycles. The van der Waals surface area contributed by atoms with Crippen LogP contribution in [0.1, 0.15) is 39.3 Å². The first-order valence-corrected chi connectivity index (χ1v) is 7.95. The zero-order valence-electron chi connectivity index (χ0n) is 13.7. The van der Waals surface area contributed by atoms with Gasteiger partial charge in [0.05, 0.1) is 7.11 Å². The van der Waals surface area contributed by atoms with Gasteiger partial charge in [-0.3, -0.25) is 9.59 Å². The number of halogens is 1. The minimum atomic E-state index is -0.797. The summed E-state index contributed by atoms with van der Waals surface area (Å²) in [7, 11) is 1.32. The van der Waals surface area contributed by atoms with Crippen LogP contribution in [0, 0.1) is 5.82 Å². The molecule has 0 atom stereocenters. The third-order valence-electron chi connectivity index (χ3n) is 3.87. The molecule has 6 nitrogen and oxygen atoms in total. The number of hydrogen-bond acceptors (Lipinski definition) is 4.